The van der Waals surface area contributed by atoms with Crippen LogP contribution in [0.2, 0.25) is 0 Å². The second-order valence-corrected chi connectivity index (χ2v) is 2.99. The topological polar surface area (TPSA) is 70.6 Å². The first-order valence-corrected chi connectivity index (χ1v) is 5.04. The van der Waals surface area contributed by atoms with E-state index in [4.69, 9.17) is 9.84 Å². The number of urea groups is 1. The lowest BCUT2D eigenvalue weighted by atomic mass is 10.3. The van der Waals surface area contributed by atoms with Gasteiger partial charge in [0.15, 0.2) is 0 Å². The van der Waals surface area contributed by atoms with Crippen molar-refractivity contribution in [3.8, 4) is 5.75 Å². The molecule has 2 amide bonds. The third kappa shape index (κ3) is 5.21. The lowest BCUT2D eigenvalue weighted by Crippen LogP contribution is -2.38. The number of hydrogen-bond acceptors (Lipinski definition) is 3. The van der Waals surface area contributed by atoms with E-state index in [1.54, 1.807) is 24.3 Å². The van der Waals surface area contributed by atoms with Crippen LogP contribution in [-0.4, -0.2) is 37.4 Å². The van der Waals surface area contributed by atoms with Crippen molar-refractivity contribution in [3.63, 3.8) is 0 Å². The summed E-state index contributed by atoms with van der Waals surface area (Å²) in [5.41, 5.74) is 0. The van der Waals surface area contributed by atoms with Gasteiger partial charge in [-0.1, -0.05) is 12.1 Å². The Hall–Kier alpha value is -1.75. The number of amides is 2. The second-order valence-electron chi connectivity index (χ2n) is 2.99. The molecule has 0 aromatic heterocycles. The Morgan fingerprint density at radius 3 is 2.69 bits per heavy atom. The van der Waals surface area contributed by atoms with Crippen molar-refractivity contribution >= 4 is 6.03 Å². The highest BCUT2D eigenvalue weighted by atomic mass is 16.5. The van der Waals surface area contributed by atoms with Gasteiger partial charge >= 0.3 is 6.03 Å². The molecular weight excluding hydrogens is 208 g/mol. The molecule has 0 heterocycles. The molecule has 5 heteroatoms. The maximum Gasteiger partial charge on any atom is 0.314 e. The summed E-state index contributed by atoms with van der Waals surface area (Å²) in [4.78, 5) is 11.0. The van der Waals surface area contributed by atoms with Crippen LogP contribution in [0, 0.1) is 6.07 Å². The minimum Gasteiger partial charge on any atom is -0.492 e. The van der Waals surface area contributed by atoms with Gasteiger partial charge in [0.1, 0.15) is 12.4 Å². The Bertz CT molecular complexity index is 303. The Kier molecular flexibility index (Phi) is 5.80. The molecule has 0 bridgehead atoms. The normalized spacial score (nSPS) is 9.56. The fourth-order valence-corrected chi connectivity index (χ4v) is 1.03. The third-order valence-corrected chi connectivity index (χ3v) is 1.74. The number of hydrogen-bond donors (Lipinski definition) is 3. The van der Waals surface area contributed by atoms with Crippen LogP contribution >= 0.6 is 0 Å². The van der Waals surface area contributed by atoms with E-state index in [1.165, 1.54) is 0 Å². The number of aliphatic hydroxyl groups is 1. The molecule has 0 atom stereocenters. The Labute approximate surface area is 94.4 Å². The van der Waals surface area contributed by atoms with Gasteiger partial charge < -0.3 is 20.5 Å². The molecule has 0 saturated heterocycles. The molecule has 0 aliphatic carbocycles. The zero-order valence-corrected chi connectivity index (χ0v) is 8.90. The van der Waals surface area contributed by atoms with E-state index in [2.05, 4.69) is 16.7 Å². The van der Waals surface area contributed by atoms with Gasteiger partial charge in [-0.2, -0.15) is 0 Å². The van der Waals surface area contributed by atoms with Crippen molar-refractivity contribution in [2.75, 3.05) is 26.3 Å². The van der Waals surface area contributed by atoms with E-state index in [1.807, 2.05) is 0 Å². The molecule has 1 aromatic carbocycles. The van der Waals surface area contributed by atoms with Crippen molar-refractivity contribution in [1.82, 2.24) is 10.6 Å². The molecule has 5 nitrogen and oxygen atoms in total. The molecule has 0 aliphatic rings. The van der Waals surface area contributed by atoms with Crippen LogP contribution in [0.5, 0.6) is 5.75 Å². The number of aliphatic hydroxyl groups excluding tert-OH is 1. The van der Waals surface area contributed by atoms with Gasteiger partial charge in [-0.25, -0.2) is 4.79 Å². The molecule has 0 unspecified atom stereocenters. The summed E-state index contributed by atoms with van der Waals surface area (Å²) in [6.07, 6.45) is 0. The Balaban J connectivity index is 2.06. The first kappa shape index (κ1) is 12.3. The van der Waals surface area contributed by atoms with Crippen LogP contribution in [0.3, 0.4) is 0 Å². The summed E-state index contributed by atoms with van der Waals surface area (Å²) in [7, 11) is 0. The van der Waals surface area contributed by atoms with Gasteiger partial charge in [-0.05, 0) is 18.2 Å². The first-order valence-electron chi connectivity index (χ1n) is 5.04. The summed E-state index contributed by atoms with van der Waals surface area (Å²) in [5.74, 6) is 0.747. The van der Waals surface area contributed by atoms with Gasteiger partial charge in [0.25, 0.3) is 0 Å². The van der Waals surface area contributed by atoms with Crippen LogP contribution in [0.4, 0.5) is 4.79 Å². The highest BCUT2D eigenvalue weighted by Gasteiger charge is 1.97. The van der Waals surface area contributed by atoms with E-state index in [0.717, 1.165) is 5.75 Å². The molecule has 0 saturated carbocycles. The molecule has 87 valence electrons. The number of carbonyl (C=O) groups excluding carboxylic acids is 1. The molecule has 1 aromatic rings. The van der Waals surface area contributed by atoms with Crippen LogP contribution in [-0.2, 0) is 0 Å². The van der Waals surface area contributed by atoms with E-state index in [0.29, 0.717) is 13.2 Å². The highest BCUT2D eigenvalue weighted by Crippen LogP contribution is 2.06. The number of ether oxygens (including phenoxy) is 1. The first-order chi connectivity index (χ1) is 7.83. The monoisotopic (exact) mass is 223 g/mol. The summed E-state index contributed by atoms with van der Waals surface area (Å²) >= 11 is 0. The predicted molar refractivity (Wildman–Crippen MR) is 59.3 cm³/mol. The predicted octanol–water partition coefficient (Wildman–Crippen LogP) is 0.157. The highest BCUT2D eigenvalue weighted by molar-refractivity contribution is 5.73. The molecule has 0 fully saturated rings. The largest absolute Gasteiger partial charge is 0.492 e. The average molecular weight is 223 g/mol. The van der Waals surface area contributed by atoms with Crippen molar-refractivity contribution in [2.45, 2.75) is 0 Å². The second kappa shape index (κ2) is 7.53. The third-order valence-electron chi connectivity index (χ3n) is 1.74. The van der Waals surface area contributed by atoms with E-state index in [9.17, 15) is 4.79 Å². The van der Waals surface area contributed by atoms with Gasteiger partial charge in [0, 0.05) is 6.54 Å². The van der Waals surface area contributed by atoms with E-state index < -0.39 is 0 Å². The lowest BCUT2D eigenvalue weighted by molar-refractivity contribution is 0.230. The molecule has 0 aliphatic heterocycles. The number of carbonyl (C=O) groups is 1. The maximum atomic E-state index is 11.0. The zero-order valence-electron chi connectivity index (χ0n) is 8.90. The van der Waals surface area contributed by atoms with Crippen molar-refractivity contribution in [3.05, 3.63) is 30.3 Å². The Morgan fingerprint density at radius 2 is 2.00 bits per heavy atom. The molecular formula is C11H15N2O3. The quantitative estimate of drug-likeness (QED) is 0.601. The van der Waals surface area contributed by atoms with E-state index >= 15 is 0 Å². The van der Waals surface area contributed by atoms with Crippen molar-refractivity contribution in [2.24, 2.45) is 0 Å². The fourth-order valence-electron chi connectivity index (χ4n) is 1.03. The number of benzene rings is 1. The summed E-state index contributed by atoms with van der Waals surface area (Å²) in [6, 6.07) is 9.69. The number of nitrogens with one attached hydrogen (secondary N) is 2. The lowest BCUT2D eigenvalue weighted by Gasteiger charge is -2.08. The minimum absolute atomic E-state index is 0.0650. The van der Waals surface area contributed by atoms with E-state index in [-0.39, 0.29) is 19.2 Å². The van der Waals surface area contributed by atoms with Crippen LogP contribution in [0.25, 0.3) is 0 Å². The standard InChI is InChI=1S/C11H15N2O3/c14-8-6-12-11(15)13-7-9-16-10-4-2-1-3-5-10/h2-5,14H,6-9H2,(H2,12,13,15). The Morgan fingerprint density at radius 1 is 1.31 bits per heavy atom. The molecule has 3 N–H and O–H groups in total. The van der Waals surface area contributed by atoms with Gasteiger partial charge in [-0.15, -0.1) is 0 Å². The van der Waals surface area contributed by atoms with Crippen molar-refractivity contribution < 1.29 is 14.6 Å². The molecule has 0 spiro atoms. The molecule has 16 heavy (non-hydrogen) atoms. The van der Waals surface area contributed by atoms with Gasteiger partial charge in [0.2, 0.25) is 0 Å². The van der Waals surface area contributed by atoms with Crippen molar-refractivity contribution in [1.29, 1.82) is 0 Å². The SMILES string of the molecule is O=C(NCCO)NCCOc1cc[c]cc1. The maximum absolute atomic E-state index is 11.0. The summed E-state index contributed by atoms with van der Waals surface area (Å²) < 4.78 is 5.35. The van der Waals surface area contributed by atoms with Crippen LogP contribution < -0.4 is 15.4 Å². The summed E-state index contributed by atoms with van der Waals surface area (Å²) in [6.45, 7) is 0.998. The number of rotatable bonds is 6. The molecule has 1 rings (SSSR count). The zero-order chi connectivity index (χ0) is 11.6. The summed E-state index contributed by atoms with van der Waals surface area (Å²) in [5, 5.41) is 13.5. The molecule has 1 radical (unpaired) electrons. The van der Waals surface area contributed by atoms with Crippen LogP contribution in [0.15, 0.2) is 24.3 Å². The van der Waals surface area contributed by atoms with Crippen LogP contribution in [0.1, 0.15) is 0 Å². The van der Waals surface area contributed by atoms with Gasteiger partial charge in [-0.3, -0.25) is 0 Å². The average Bonchev–Trinajstić information content (AvgIpc) is 2.33. The minimum atomic E-state index is -0.306. The fraction of sp³-hybridized carbons (Fsp3) is 0.364. The van der Waals surface area contributed by atoms with Gasteiger partial charge in [0.05, 0.1) is 13.2 Å². The smallest absolute Gasteiger partial charge is 0.314 e.